The average Bonchev–Trinajstić information content (AvgIpc) is 3.24. The Hall–Kier alpha value is -2.44. The summed E-state index contributed by atoms with van der Waals surface area (Å²) in [6.45, 7) is 5.82. The first-order chi connectivity index (χ1) is 12.5. The third kappa shape index (κ3) is 4.03. The maximum atomic E-state index is 12.7. The number of nitrogens with one attached hydrogen (secondary N) is 1. The Balaban J connectivity index is 1.67. The van der Waals surface area contributed by atoms with Crippen molar-refractivity contribution in [2.24, 2.45) is 0 Å². The first-order valence-corrected chi connectivity index (χ1v) is 9.30. The predicted octanol–water partition coefficient (Wildman–Crippen LogP) is 2.78. The smallest absolute Gasteiger partial charge is 0.262 e. The zero-order valence-corrected chi connectivity index (χ0v) is 15.6. The molecule has 0 saturated heterocycles. The van der Waals surface area contributed by atoms with Crippen molar-refractivity contribution in [3.8, 4) is 11.4 Å². The molecular weight excluding hydrogens is 332 g/mol. The van der Waals surface area contributed by atoms with Crippen molar-refractivity contribution in [1.82, 2.24) is 20.0 Å². The van der Waals surface area contributed by atoms with Crippen LogP contribution in [0.4, 0.5) is 0 Å². The minimum absolute atomic E-state index is 0.00847. The zero-order chi connectivity index (χ0) is 18.7. The van der Waals surface area contributed by atoms with Crippen LogP contribution in [0, 0.1) is 6.92 Å². The molecule has 3 rings (SSSR count). The molecule has 0 aliphatic heterocycles. The quantitative estimate of drug-likeness (QED) is 0.857. The molecule has 7 heteroatoms. The second-order valence-corrected chi connectivity index (χ2v) is 7.22. The lowest BCUT2D eigenvalue weighted by molar-refractivity contribution is -0.121. The number of pyridine rings is 1. The number of carbonyl (C=O) groups is 1. The minimum atomic E-state index is -0.133. The maximum absolute atomic E-state index is 12.7. The lowest BCUT2D eigenvalue weighted by atomic mass is 10.2. The van der Waals surface area contributed by atoms with Crippen LogP contribution in [0.25, 0.3) is 11.4 Å². The number of hydrogen-bond donors (Lipinski definition) is 1. The average molecular weight is 358 g/mol. The van der Waals surface area contributed by atoms with E-state index in [1.807, 2.05) is 26.8 Å². The van der Waals surface area contributed by atoms with Crippen LogP contribution in [0.2, 0.25) is 0 Å². The molecular formula is C19H26N4O3. The molecule has 0 bridgehead atoms. The van der Waals surface area contributed by atoms with E-state index >= 15 is 0 Å². The van der Waals surface area contributed by atoms with E-state index < -0.39 is 0 Å². The molecule has 2 heterocycles. The molecule has 2 aromatic heterocycles. The second-order valence-electron chi connectivity index (χ2n) is 7.22. The third-order valence-electron chi connectivity index (χ3n) is 4.83. The van der Waals surface area contributed by atoms with Crippen LogP contribution >= 0.6 is 0 Å². The largest absolute Gasteiger partial charge is 0.353 e. The Labute approximate surface area is 152 Å². The molecule has 1 amide bonds. The number of aryl methyl sites for hydroxylation is 2. The van der Waals surface area contributed by atoms with Gasteiger partial charge in [0.1, 0.15) is 0 Å². The fraction of sp³-hybridized carbons (Fsp3) is 0.579. The first kappa shape index (κ1) is 18.4. The van der Waals surface area contributed by atoms with E-state index in [2.05, 4.69) is 15.5 Å². The molecule has 140 valence electrons. The van der Waals surface area contributed by atoms with E-state index in [1.165, 1.54) is 12.8 Å². The van der Waals surface area contributed by atoms with Crippen molar-refractivity contribution in [2.45, 2.75) is 71.4 Å². The van der Waals surface area contributed by atoms with Crippen molar-refractivity contribution >= 4 is 5.91 Å². The van der Waals surface area contributed by atoms with Crippen LogP contribution in [-0.2, 0) is 11.2 Å². The summed E-state index contributed by atoms with van der Waals surface area (Å²) in [6, 6.07) is 3.95. The van der Waals surface area contributed by atoms with E-state index in [0.29, 0.717) is 30.3 Å². The van der Waals surface area contributed by atoms with Gasteiger partial charge in [0.2, 0.25) is 17.6 Å². The number of nitrogens with zero attached hydrogens (tertiary/aromatic N) is 3. The topological polar surface area (TPSA) is 90.0 Å². The molecule has 0 radical (unpaired) electrons. The van der Waals surface area contributed by atoms with Crippen LogP contribution in [0.5, 0.6) is 0 Å². The van der Waals surface area contributed by atoms with Gasteiger partial charge in [-0.2, -0.15) is 4.98 Å². The Kier molecular flexibility index (Phi) is 5.54. The number of carbonyl (C=O) groups excluding carboxylic acids is 1. The van der Waals surface area contributed by atoms with Crippen LogP contribution < -0.4 is 10.9 Å². The molecule has 26 heavy (non-hydrogen) atoms. The van der Waals surface area contributed by atoms with Crippen molar-refractivity contribution in [3.05, 3.63) is 34.1 Å². The van der Waals surface area contributed by atoms with Gasteiger partial charge in [0, 0.05) is 30.6 Å². The Morgan fingerprint density at radius 3 is 2.77 bits per heavy atom. The summed E-state index contributed by atoms with van der Waals surface area (Å²) in [5.41, 5.74) is 1.17. The number of amides is 1. The first-order valence-electron chi connectivity index (χ1n) is 9.30. The maximum Gasteiger partial charge on any atom is 0.262 e. The molecule has 2 aromatic rings. The van der Waals surface area contributed by atoms with Gasteiger partial charge in [0.25, 0.3) is 5.56 Å². The normalized spacial score (nSPS) is 14.9. The Morgan fingerprint density at radius 1 is 1.35 bits per heavy atom. The van der Waals surface area contributed by atoms with Gasteiger partial charge in [-0.1, -0.05) is 18.0 Å². The van der Waals surface area contributed by atoms with Crippen molar-refractivity contribution in [3.63, 3.8) is 0 Å². The van der Waals surface area contributed by atoms with Crippen LogP contribution in [0.1, 0.15) is 63.6 Å². The van der Waals surface area contributed by atoms with E-state index in [4.69, 9.17) is 4.52 Å². The summed E-state index contributed by atoms with van der Waals surface area (Å²) >= 11 is 0. The lowest BCUT2D eigenvalue weighted by Crippen LogP contribution is -2.32. The molecule has 1 saturated carbocycles. The van der Waals surface area contributed by atoms with Crippen LogP contribution in [0.15, 0.2) is 21.5 Å². The minimum Gasteiger partial charge on any atom is -0.353 e. The van der Waals surface area contributed by atoms with Crippen LogP contribution in [-0.4, -0.2) is 26.7 Å². The molecule has 1 N–H and O–H groups in total. The molecule has 0 spiro atoms. The summed E-state index contributed by atoms with van der Waals surface area (Å²) in [7, 11) is 0. The zero-order valence-electron chi connectivity index (χ0n) is 15.6. The highest BCUT2D eigenvalue weighted by Crippen LogP contribution is 2.18. The monoisotopic (exact) mass is 358 g/mol. The van der Waals surface area contributed by atoms with E-state index in [-0.39, 0.29) is 23.3 Å². The third-order valence-corrected chi connectivity index (χ3v) is 4.83. The molecule has 7 nitrogen and oxygen atoms in total. The van der Waals surface area contributed by atoms with Crippen LogP contribution in [0.3, 0.4) is 0 Å². The molecule has 1 fully saturated rings. The summed E-state index contributed by atoms with van der Waals surface area (Å²) in [4.78, 5) is 29.0. The highest BCUT2D eigenvalue weighted by molar-refractivity contribution is 5.76. The number of rotatable bonds is 6. The van der Waals surface area contributed by atoms with E-state index in [0.717, 1.165) is 18.5 Å². The fourth-order valence-electron chi connectivity index (χ4n) is 3.51. The van der Waals surface area contributed by atoms with Crippen molar-refractivity contribution in [2.75, 3.05) is 0 Å². The molecule has 0 unspecified atom stereocenters. The van der Waals surface area contributed by atoms with Gasteiger partial charge < -0.3 is 14.4 Å². The summed E-state index contributed by atoms with van der Waals surface area (Å²) < 4.78 is 6.94. The SMILES string of the molecule is Cc1ccc(-c2noc(CCC(=O)NC3CCCC3)n2)c(=O)n1C(C)C. The van der Waals surface area contributed by atoms with Gasteiger partial charge in [0.15, 0.2) is 0 Å². The predicted molar refractivity (Wildman–Crippen MR) is 97.8 cm³/mol. The van der Waals surface area contributed by atoms with Crippen molar-refractivity contribution in [1.29, 1.82) is 0 Å². The van der Waals surface area contributed by atoms with Gasteiger partial charge in [-0.25, -0.2) is 0 Å². The van der Waals surface area contributed by atoms with E-state index in [9.17, 15) is 9.59 Å². The summed E-state index contributed by atoms with van der Waals surface area (Å²) in [5.74, 6) is 0.655. The molecule has 0 aromatic carbocycles. The van der Waals surface area contributed by atoms with Gasteiger partial charge in [-0.15, -0.1) is 0 Å². The van der Waals surface area contributed by atoms with Crippen molar-refractivity contribution < 1.29 is 9.32 Å². The second kappa shape index (κ2) is 7.85. The summed E-state index contributed by atoms with van der Waals surface area (Å²) in [5, 5.41) is 6.97. The highest BCUT2D eigenvalue weighted by atomic mass is 16.5. The Morgan fingerprint density at radius 2 is 2.08 bits per heavy atom. The fourth-order valence-corrected chi connectivity index (χ4v) is 3.51. The Bertz CT molecular complexity index is 832. The lowest BCUT2D eigenvalue weighted by Gasteiger charge is -2.14. The summed E-state index contributed by atoms with van der Waals surface area (Å²) in [6.07, 6.45) is 5.17. The molecule has 1 aliphatic rings. The molecule has 0 atom stereocenters. The number of aromatic nitrogens is 3. The van der Waals surface area contributed by atoms with Gasteiger partial charge in [-0.3, -0.25) is 9.59 Å². The van der Waals surface area contributed by atoms with E-state index in [1.54, 1.807) is 10.6 Å². The van der Waals surface area contributed by atoms with Gasteiger partial charge in [-0.05, 0) is 45.7 Å². The standard InChI is InChI=1S/C19H26N4O3/c1-12(2)23-13(3)8-9-15(19(23)25)18-21-17(26-22-18)11-10-16(24)20-14-6-4-5-7-14/h8-9,12,14H,4-7,10-11H2,1-3H3,(H,20,24). The van der Waals surface area contributed by atoms with Gasteiger partial charge >= 0.3 is 0 Å². The molecule has 1 aliphatic carbocycles. The van der Waals surface area contributed by atoms with Gasteiger partial charge in [0.05, 0.1) is 5.56 Å². The highest BCUT2D eigenvalue weighted by Gasteiger charge is 2.19. The number of hydrogen-bond acceptors (Lipinski definition) is 5.